The Kier molecular flexibility index (Phi) is 3.42. The van der Waals surface area contributed by atoms with Gasteiger partial charge in [0.05, 0.1) is 0 Å². The summed E-state index contributed by atoms with van der Waals surface area (Å²) in [5.74, 6) is 1.53. The minimum Gasteiger partial charge on any atom is -0.508 e. The van der Waals surface area contributed by atoms with Gasteiger partial charge < -0.3 is 15.3 Å². The second-order valence-electron chi connectivity index (χ2n) is 6.01. The number of rotatable bonds is 2. The van der Waals surface area contributed by atoms with Crippen molar-refractivity contribution < 1.29 is 9.90 Å². The van der Waals surface area contributed by atoms with Crippen molar-refractivity contribution in [3.8, 4) is 5.75 Å². The average Bonchev–Trinajstić information content (AvgIpc) is 2.97. The number of carbonyl (C=O) groups excluding carboxylic acids is 1. The number of carbonyl (C=O) groups is 1. The van der Waals surface area contributed by atoms with Gasteiger partial charge in [-0.25, -0.2) is 0 Å². The molecule has 2 saturated heterocycles. The van der Waals surface area contributed by atoms with Crippen LogP contribution >= 0.6 is 0 Å². The lowest BCUT2D eigenvalue weighted by Gasteiger charge is -2.27. The van der Waals surface area contributed by atoms with Gasteiger partial charge in [0.15, 0.2) is 0 Å². The van der Waals surface area contributed by atoms with Crippen LogP contribution in [0.2, 0.25) is 0 Å². The smallest absolute Gasteiger partial charge is 0.254 e. The van der Waals surface area contributed by atoms with E-state index >= 15 is 0 Å². The molecule has 3 unspecified atom stereocenters. The number of amides is 1. The van der Waals surface area contributed by atoms with Gasteiger partial charge in [0.2, 0.25) is 0 Å². The Balaban J connectivity index is 1.86. The minimum absolute atomic E-state index is 0.115. The average molecular weight is 274 g/mol. The van der Waals surface area contributed by atoms with E-state index in [2.05, 4.69) is 17.1 Å². The molecule has 1 aromatic carbocycles. The van der Waals surface area contributed by atoms with E-state index in [1.54, 1.807) is 18.2 Å². The van der Waals surface area contributed by atoms with Crippen LogP contribution in [0.15, 0.2) is 18.2 Å². The summed E-state index contributed by atoms with van der Waals surface area (Å²) in [4.78, 5) is 14.9. The molecule has 2 aliphatic rings. The monoisotopic (exact) mass is 274 g/mol. The van der Waals surface area contributed by atoms with Crippen molar-refractivity contribution in [3.63, 3.8) is 0 Å². The highest BCUT2D eigenvalue weighted by Crippen LogP contribution is 2.35. The van der Waals surface area contributed by atoms with E-state index in [1.165, 1.54) is 0 Å². The molecule has 0 bridgehead atoms. The molecule has 0 saturated carbocycles. The number of aromatic hydroxyl groups is 1. The molecule has 4 nitrogen and oxygen atoms in total. The fourth-order valence-corrected chi connectivity index (χ4v) is 3.82. The number of phenolic OH excluding ortho intramolecular Hbond substituents is 1. The van der Waals surface area contributed by atoms with E-state index in [0.29, 0.717) is 23.4 Å². The van der Waals surface area contributed by atoms with E-state index in [1.807, 2.05) is 6.92 Å². The van der Waals surface area contributed by atoms with Crippen LogP contribution in [0.5, 0.6) is 5.75 Å². The number of nitrogens with one attached hydrogen (secondary N) is 1. The lowest BCUT2D eigenvalue weighted by molar-refractivity contribution is 0.0711. The highest BCUT2D eigenvalue weighted by atomic mass is 16.3. The third kappa shape index (κ3) is 2.08. The molecule has 0 aliphatic carbocycles. The van der Waals surface area contributed by atoms with Gasteiger partial charge in [-0.05, 0) is 48.9 Å². The van der Waals surface area contributed by atoms with Crippen LogP contribution in [0.3, 0.4) is 0 Å². The van der Waals surface area contributed by atoms with Crippen LogP contribution in [-0.2, 0) is 0 Å². The number of nitrogens with zero attached hydrogens (tertiary/aromatic N) is 1. The van der Waals surface area contributed by atoms with E-state index in [-0.39, 0.29) is 11.7 Å². The van der Waals surface area contributed by atoms with Crippen LogP contribution in [0.1, 0.15) is 29.3 Å². The Labute approximate surface area is 119 Å². The van der Waals surface area contributed by atoms with Crippen molar-refractivity contribution >= 4 is 5.91 Å². The summed E-state index contributed by atoms with van der Waals surface area (Å²) < 4.78 is 0. The molecule has 2 N–H and O–H groups in total. The van der Waals surface area contributed by atoms with E-state index < -0.39 is 0 Å². The Morgan fingerprint density at radius 3 is 2.95 bits per heavy atom. The maximum atomic E-state index is 12.8. The largest absolute Gasteiger partial charge is 0.508 e. The lowest BCUT2D eigenvalue weighted by Crippen LogP contribution is -2.39. The minimum atomic E-state index is 0.115. The van der Waals surface area contributed by atoms with Crippen molar-refractivity contribution in [2.75, 3.05) is 19.6 Å². The molecule has 3 atom stereocenters. The summed E-state index contributed by atoms with van der Waals surface area (Å²) >= 11 is 0. The van der Waals surface area contributed by atoms with Crippen molar-refractivity contribution in [2.24, 2.45) is 11.8 Å². The van der Waals surface area contributed by atoms with Crippen LogP contribution in [0, 0.1) is 18.8 Å². The quantitative estimate of drug-likeness (QED) is 0.864. The fraction of sp³-hybridized carbons (Fsp3) is 0.562. The van der Waals surface area contributed by atoms with Crippen LogP contribution in [0.4, 0.5) is 0 Å². The molecule has 3 rings (SSSR count). The van der Waals surface area contributed by atoms with Crippen LogP contribution in [0.25, 0.3) is 0 Å². The predicted molar refractivity (Wildman–Crippen MR) is 77.8 cm³/mol. The maximum Gasteiger partial charge on any atom is 0.254 e. The zero-order valence-corrected chi connectivity index (χ0v) is 12.1. The van der Waals surface area contributed by atoms with Crippen molar-refractivity contribution in [3.05, 3.63) is 29.3 Å². The van der Waals surface area contributed by atoms with Crippen molar-refractivity contribution in [1.29, 1.82) is 0 Å². The maximum absolute atomic E-state index is 12.8. The normalized spacial score (nSPS) is 28.7. The first-order valence-corrected chi connectivity index (χ1v) is 7.43. The summed E-state index contributed by atoms with van der Waals surface area (Å²) in [6.45, 7) is 6.96. The van der Waals surface area contributed by atoms with E-state index in [0.717, 1.165) is 31.6 Å². The fourth-order valence-electron chi connectivity index (χ4n) is 3.82. The second kappa shape index (κ2) is 5.09. The Morgan fingerprint density at radius 2 is 2.25 bits per heavy atom. The molecule has 0 aromatic heterocycles. The summed E-state index contributed by atoms with van der Waals surface area (Å²) in [6, 6.07) is 5.34. The molecule has 1 amide bonds. The van der Waals surface area contributed by atoms with E-state index in [9.17, 15) is 9.90 Å². The highest BCUT2D eigenvalue weighted by Gasteiger charge is 2.45. The van der Waals surface area contributed by atoms with Gasteiger partial charge in [-0.1, -0.05) is 6.92 Å². The van der Waals surface area contributed by atoms with E-state index in [4.69, 9.17) is 0 Å². The number of aryl methyl sites for hydroxylation is 1. The van der Waals surface area contributed by atoms with Crippen molar-refractivity contribution in [2.45, 2.75) is 26.3 Å². The zero-order chi connectivity index (χ0) is 14.3. The lowest BCUT2D eigenvalue weighted by atomic mass is 9.93. The van der Waals surface area contributed by atoms with Gasteiger partial charge in [-0.2, -0.15) is 0 Å². The molecule has 2 heterocycles. The molecular formula is C16H22N2O2. The Hall–Kier alpha value is -1.55. The number of fused-ring (bicyclic) bond motifs is 1. The van der Waals surface area contributed by atoms with Gasteiger partial charge in [0, 0.05) is 31.2 Å². The molecule has 20 heavy (non-hydrogen) atoms. The first-order chi connectivity index (χ1) is 9.61. The summed E-state index contributed by atoms with van der Waals surface area (Å²) in [6.07, 6.45) is 1.01. The molecule has 4 heteroatoms. The molecule has 0 radical (unpaired) electrons. The van der Waals surface area contributed by atoms with Gasteiger partial charge in [-0.15, -0.1) is 0 Å². The summed E-state index contributed by atoms with van der Waals surface area (Å²) in [5, 5.41) is 12.9. The third-order valence-electron chi connectivity index (χ3n) is 4.84. The van der Waals surface area contributed by atoms with Gasteiger partial charge >= 0.3 is 0 Å². The molecule has 2 aliphatic heterocycles. The highest BCUT2D eigenvalue weighted by molar-refractivity contribution is 5.96. The first-order valence-electron chi connectivity index (χ1n) is 7.43. The number of benzene rings is 1. The summed E-state index contributed by atoms with van der Waals surface area (Å²) in [7, 11) is 0. The van der Waals surface area contributed by atoms with Gasteiger partial charge in [-0.3, -0.25) is 4.79 Å². The molecule has 2 fully saturated rings. The zero-order valence-electron chi connectivity index (χ0n) is 12.1. The second-order valence-corrected chi connectivity index (χ2v) is 6.01. The topological polar surface area (TPSA) is 52.6 Å². The number of hydrogen-bond acceptors (Lipinski definition) is 3. The molecular weight excluding hydrogens is 252 g/mol. The third-order valence-corrected chi connectivity index (χ3v) is 4.84. The number of likely N-dealkylation sites (tertiary alicyclic amines) is 1. The Bertz CT molecular complexity index is 529. The van der Waals surface area contributed by atoms with Crippen LogP contribution < -0.4 is 5.32 Å². The van der Waals surface area contributed by atoms with Crippen LogP contribution in [-0.4, -0.2) is 41.6 Å². The molecule has 0 spiro atoms. The number of phenols is 1. The van der Waals surface area contributed by atoms with Gasteiger partial charge in [0.1, 0.15) is 5.75 Å². The molecule has 108 valence electrons. The first kappa shape index (κ1) is 13.4. The van der Waals surface area contributed by atoms with Crippen molar-refractivity contribution in [1.82, 2.24) is 10.2 Å². The number of hydrogen-bond donors (Lipinski definition) is 2. The Morgan fingerprint density at radius 1 is 1.45 bits per heavy atom. The molecule has 1 aromatic rings. The standard InChI is InChI=1S/C16H22N2O2/c1-3-15-14-8-17-7-11(14)9-18(15)16(20)13-5-4-12(19)6-10(13)2/h4-6,11,14-15,17,19H,3,7-9H2,1-2H3. The summed E-state index contributed by atoms with van der Waals surface area (Å²) in [5.41, 5.74) is 1.56. The van der Waals surface area contributed by atoms with Gasteiger partial charge in [0.25, 0.3) is 5.91 Å². The SMILES string of the molecule is CCC1C2CNCC2CN1C(=O)c1ccc(O)cc1C. The predicted octanol–water partition coefficient (Wildman–Crippen LogP) is 1.77.